The van der Waals surface area contributed by atoms with Gasteiger partial charge in [-0.2, -0.15) is 0 Å². The second-order valence-corrected chi connectivity index (χ2v) is 10.4. The lowest BCUT2D eigenvalue weighted by Crippen LogP contribution is -2.40. The molecule has 2 fully saturated rings. The molecule has 0 spiro atoms. The third kappa shape index (κ3) is 7.18. The van der Waals surface area contributed by atoms with Gasteiger partial charge in [-0.1, -0.05) is 43.5 Å². The molecule has 3 aliphatic carbocycles. The average molecular weight is 466 g/mol. The van der Waals surface area contributed by atoms with Gasteiger partial charge in [-0.05, 0) is 75.3 Å². The van der Waals surface area contributed by atoms with Gasteiger partial charge in [0.1, 0.15) is 0 Å². The van der Waals surface area contributed by atoms with Crippen molar-refractivity contribution < 1.29 is 14.4 Å². The molecular formula is C28H39N3O3. The molecule has 0 aliphatic heterocycles. The number of rotatable bonds is 8. The van der Waals surface area contributed by atoms with Crippen LogP contribution in [0, 0.1) is 17.8 Å². The fourth-order valence-electron chi connectivity index (χ4n) is 5.68. The maximum absolute atomic E-state index is 13.0. The van der Waals surface area contributed by atoms with Crippen LogP contribution in [0.5, 0.6) is 0 Å². The van der Waals surface area contributed by atoms with Crippen LogP contribution in [0.2, 0.25) is 0 Å². The average Bonchev–Trinajstić information content (AvgIpc) is 3.34. The van der Waals surface area contributed by atoms with E-state index in [1.807, 2.05) is 24.3 Å². The van der Waals surface area contributed by atoms with Gasteiger partial charge in [0.25, 0.3) is 0 Å². The van der Waals surface area contributed by atoms with E-state index in [0.717, 1.165) is 38.5 Å². The second-order valence-electron chi connectivity index (χ2n) is 10.4. The Morgan fingerprint density at radius 3 is 2.15 bits per heavy atom. The zero-order valence-corrected chi connectivity index (χ0v) is 20.2. The van der Waals surface area contributed by atoms with E-state index in [4.69, 9.17) is 0 Å². The van der Waals surface area contributed by atoms with Crippen LogP contribution in [0.25, 0.3) is 0 Å². The number of carbonyl (C=O) groups is 3. The van der Waals surface area contributed by atoms with Gasteiger partial charge < -0.3 is 16.0 Å². The number of nitrogens with one attached hydrogen (secondary N) is 3. The Morgan fingerprint density at radius 2 is 1.47 bits per heavy atom. The van der Waals surface area contributed by atoms with E-state index >= 15 is 0 Å². The molecule has 2 saturated carbocycles. The first-order valence-electron chi connectivity index (χ1n) is 13.2. The van der Waals surface area contributed by atoms with Gasteiger partial charge in [0.2, 0.25) is 17.7 Å². The molecule has 184 valence electrons. The van der Waals surface area contributed by atoms with E-state index in [-0.39, 0.29) is 29.7 Å². The minimum atomic E-state index is -0.0705. The number of anilines is 2. The molecule has 0 radical (unpaired) electrons. The summed E-state index contributed by atoms with van der Waals surface area (Å²) in [7, 11) is 0. The number of para-hydroxylation sites is 2. The second kappa shape index (κ2) is 12.2. The van der Waals surface area contributed by atoms with Crippen molar-refractivity contribution in [1.82, 2.24) is 5.32 Å². The Bertz CT molecular complexity index is 883. The minimum absolute atomic E-state index is 0.00703. The third-order valence-electron chi connectivity index (χ3n) is 7.68. The van der Waals surface area contributed by atoms with Gasteiger partial charge in [-0.3, -0.25) is 14.4 Å². The third-order valence-corrected chi connectivity index (χ3v) is 7.68. The van der Waals surface area contributed by atoms with Crippen molar-refractivity contribution in [3.05, 3.63) is 36.4 Å². The first-order chi connectivity index (χ1) is 16.6. The van der Waals surface area contributed by atoms with Crippen LogP contribution >= 0.6 is 0 Å². The van der Waals surface area contributed by atoms with Crippen LogP contribution < -0.4 is 16.0 Å². The molecule has 0 saturated heterocycles. The summed E-state index contributed by atoms with van der Waals surface area (Å²) >= 11 is 0. The van der Waals surface area contributed by atoms with Gasteiger partial charge in [-0.25, -0.2) is 0 Å². The Balaban J connectivity index is 1.22. The maximum atomic E-state index is 13.0. The maximum Gasteiger partial charge on any atom is 0.227 e. The highest BCUT2D eigenvalue weighted by atomic mass is 16.2. The lowest BCUT2D eigenvalue weighted by atomic mass is 9.84. The molecule has 34 heavy (non-hydrogen) atoms. The molecule has 0 aromatic heterocycles. The molecule has 0 bridgehead atoms. The number of carbonyl (C=O) groups excluding carboxylic acids is 3. The van der Waals surface area contributed by atoms with Gasteiger partial charge in [0.05, 0.1) is 11.4 Å². The first-order valence-corrected chi connectivity index (χ1v) is 13.2. The first kappa shape index (κ1) is 24.5. The predicted octanol–water partition coefficient (Wildman–Crippen LogP) is 5.57. The molecule has 1 atom stereocenters. The molecular weight excluding hydrogens is 426 g/mol. The van der Waals surface area contributed by atoms with Crippen molar-refractivity contribution in [2.75, 3.05) is 10.6 Å². The van der Waals surface area contributed by atoms with E-state index < -0.39 is 0 Å². The van der Waals surface area contributed by atoms with Crippen LogP contribution in [0.3, 0.4) is 0 Å². The van der Waals surface area contributed by atoms with Crippen LogP contribution in [0.4, 0.5) is 11.4 Å². The lowest BCUT2D eigenvalue weighted by molar-refractivity contribution is -0.123. The summed E-state index contributed by atoms with van der Waals surface area (Å²) in [6, 6.07) is 7.57. The summed E-state index contributed by atoms with van der Waals surface area (Å²) in [5.41, 5.74) is 1.29. The highest BCUT2D eigenvalue weighted by Gasteiger charge is 2.28. The van der Waals surface area contributed by atoms with E-state index in [1.54, 1.807) is 0 Å². The van der Waals surface area contributed by atoms with Crippen LogP contribution in [-0.2, 0) is 14.4 Å². The lowest BCUT2D eigenvalue weighted by Gasteiger charge is -2.29. The van der Waals surface area contributed by atoms with Crippen LogP contribution in [0.15, 0.2) is 36.4 Å². The summed E-state index contributed by atoms with van der Waals surface area (Å²) in [4.78, 5) is 37.9. The molecule has 0 heterocycles. The highest BCUT2D eigenvalue weighted by Crippen LogP contribution is 2.30. The highest BCUT2D eigenvalue weighted by molar-refractivity contribution is 6.00. The monoisotopic (exact) mass is 465 g/mol. The fourth-order valence-corrected chi connectivity index (χ4v) is 5.68. The largest absolute Gasteiger partial charge is 0.353 e. The number of allylic oxidation sites excluding steroid dienone is 2. The van der Waals surface area contributed by atoms with Crippen molar-refractivity contribution >= 4 is 29.1 Å². The van der Waals surface area contributed by atoms with Gasteiger partial charge in [0, 0.05) is 24.8 Å². The molecule has 6 nitrogen and oxygen atoms in total. The summed E-state index contributed by atoms with van der Waals surface area (Å²) in [5.74, 6) is 0.928. The molecule has 3 N–H and O–H groups in total. The SMILES string of the molecule is O=C(CC1C=CCC1)Nc1ccccc1NC(=O)C1CCC(NC(=O)CC2CCCCC2)CC1. The Labute approximate surface area is 203 Å². The summed E-state index contributed by atoms with van der Waals surface area (Å²) in [6.45, 7) is 0. The van der Waals surface area contributed by atoms with E-state index in [0.29, 0.717) is 36.1 Å². The standard InChI is InChI=1S/C28H39N3O3/c32-26(18-20-8-2-1-3-9-20)29-23-16-14-22(15-17-23)28(34)31-25-13-7-6-12-24(25)30-27(33)19-21-10-4-5-11-21/h4,6-7,10,12-13,20-23H,1-3,5,8-9,11,14-19H2,(H,29,32)(H,30,33)(H,31,34). The summed E-state index contributed by atoms with van der Waals surface area (Å²) in [5, 5.41) is 9.22. The summed E-state index contributed by atoms with van der Waals surface area (Å²) < 4.78 is 0. The van der Waals surface area contributed by atoms with Crippen LogP contribution in [0.1, 0.15) is 83.5 Å². The van der Waals surface area contributed by atoms with Gasteiger partial charge >= 0.3 is 0 Å². The number of amides is 3. The molecule has 6 heteroatoms. The molecule has 1 aromatic rings. The Morgan fingerprint density at radius 1 is 0.765 bits per heavy atom. The molecule has 3 aliphatic rings. The molecule has 1 unspecified atom stereocenters. The van der Waals surface area contributed by atoms with E-state index in [2.05, 4.69) is 28.1 Å². The van der Waals surface area contributed by atoms with E-state index in [1.165, 1.54) is 32.1 Å². The quantitative estimate of drug-likeness (QED) is 0.439. The minimum Gasteiger partial charge on any atom is -0.353 e. The van der Waals surface area contributed by atoms with Crippen molar-refractivity contribution in [2.24, 2.45) is 17.8 Å². The van der Waals surface area contributed by atoms with E-state index in [9.17, 15) is 14.4 Å². The van der Waals surface area contributed by atoms with Crippen molar-refractivity contribution in [1.29, 1.82) is 0 Å². The smallest absolute Gasteiger partial charge is 0.227 e. The zero-order chi connectivity index (χ0) is 23.8. The molecule has 1 aromatic carbocycles. The Kier molecular flexibility index (Phi) is 8.78. The zero-order valence-electron chi connectivity index (χ0n) is 20.2. The van der Waals surface area contributed by atoms with Gasteiger partial charge in [-0.15, -0.1) is 0 Å². The number of benzene rings is 1. The predicted molar refractivity (Wildman–Crippen MR) is 135 cm³/mol. The normalized spacial score (nSPS) is 25.0. The fraction of sp³-hybridized carbons (Fsp3) is 0.607. The van der Waals surface area contributed by atoms with Crippen molar-refractivity contribution in [3.63, 3.8) is 0 Å². The van der Waals surface area contributed by atoms with Crippen molar-refractivity contribution in [3.8, 4) is 0 Å². The summed E-state index contributed by atoms with van der Waals surface area (Å²) in [6.07, 6.45) is 16.8. The molecule has 4 rings (SSSR count). The van der Waals surface area contributed by atoms with Crippen molar-refractivity contribution in [2.45, 2.75) is 89.5 Å². The topological polar surface area (TPSA) is 87.3 Å². The molecule has 3 amide bonds. The van der Waals surface area contributed by atoms with Gasteiger partial charge in [0.15, 0.2) is 0 Å². The number of hydrogen-bond acceptors (Lipinski definition) is 3. The Hall–Kier alpha value is -2.63. The van der Waals surface area contributed by atoms with Crippen LogP contribution in [-0.4, -0.2) is 23.8 Å². The number of hydrogen-bond donors (Lipinski definition) is 3.